The predicted molar refractivity (Wildman–Crippen MR) is 114 cm³/mol. The molecule has 0 saturated carbocycles. The molecule has 0 bridgehead atoms. The van der Waals surface area contributed by atoms with Crippen LogP contribution in [0.5, 0.6) is 5.75 Å². The number of benzene rings is 2. The molecule has 0 saturated heterocycles. The van der Waals surface area contributed by atoms with Crippen LogP contribution in [0, 0.1) is 9.54 Å². The van der Waals surface area contributed by atoms with E-state index in [1.54, 1.807) is 28.8 Å². The van der Waals surface area contributed by atoms with Gasteiger partial charge in [0.25, 0.3) is 0 Å². The van der Waals surface area contributed by atoms with Crippen molar-refractivity contribution in [3.63, 3.8) is 0 Å². The van der Waals surface area contributed by atoms with Crippen molar-refractivity contribution < 1.29 is 19.7 Å². The molecule has 6 N–H and O–H groups in total. The zero-order chi connectivity index (χ0) is 20.8. The summed E-state index contributed by atoms with van der Waals surface area (Å²) < 4.78 is 8.32. The molecular formula is C18H19N5O4S2. The smallest absolute Gasteiger partial charge is 0.328 e. The third-order valence-electron chi connectivity index (χ3n) is 3.96. The standard InChI is InChI=1S/C18H19N5O4S2/c24-9-15(16(25)26)20-12-4-2-6-14(8-12)27-10-19-11-3-1-5-13(7-11)23-17(28)21-22-18(23)29/h1-8,15,19-20,24H,9-10H2,(H,21,28)(H,22,29)(H,25,26). The van der Waals surface area contributed by atoms with Gasteiger partial charge in [0.1, 0.15) is 11.8 Å². The number of rotatable bonds is 9. The number of aliphatic carboxylic acids is 1. The van der Waals surface area contributed by atoms with Crippen LogP contribution in [0.2, 0.25) is 0 Å². The maximum absolute atomic E-state index is 11.0. The Morgan fingerprint density at radius 3 is 2.48 bits per heavy atom. The van der Waals surface area contributed by atoms with Crippen LogP contribution >= 0.6 is 24.4 Å². The summed E-state index contributed by atoms with van der Waals surface area (Å²) in [7, 11) is 0. The van der Waals surface area contributed by atoms with E-state index in [9.17, 15) is 4.79 Å². The number of ether oxygens (including phenoxy) is 1. The molecule has 1 heterocycles. The Bertz CT molecular complexity index is 1080. The van der Waals surface area contributed by atoms with Gasteiger partial charge in [-0.15, -0.1) is 0 Å². The minimum Gasteiger partial charge on any atom is -0.480 e. The molecule has 1 unspecified atom stereocenters. The summed E-state index contributed by atoms with van der Waals surface area (Å²) >= 11 is 10.4. The van der Waals surface area contributed by atoms with Crippen molar-refractivity contribution in [2.45, 2.75) is 6.04 Å². The first-order valence-corrected chi connectivity index (χ1v) is 9.36. The van der Waals surface area contributed by atoms with Crippen LogP contribution in [-0.4, -0.2) is 50.3 Å². The first-order valence-electron chi connectivity index (χ1n) is 8.55. The van der Waals surface area contributed by atoms with E-state index in [0.29, 0.717) is 21.0 Å². The molecule has 152 valence electrons. The number of carbonyl (C=O) groups is 1. The fraction of sp³-hybridized carbons (Fsp3) is 0.167. The number of nitrogens with one attached hydrogen (secondary N) is 4. The van der Waals surface area contributed by atoms with E-state index in [4.69, 9.17) is 39.4 Å². The Morgan fingerprint density at radius 2 is 1.79 bits per heavy atom. The zero-order valence-electron chi connectivity index (χ0n) is 15.1. The topological polar surface area (TPSA) is 127 Å². The third kappa shape index (κ3) is 5.22. The number of carboxylic acids is 1. The van der Waals surface area contributed by atoms with Crippen molar-refractivity contribution in [3.8, 4) is 11.4 Å². The molecule has 29 heavy (non-hydrogen) atoms. The quantitative estimate of drug-likeness (QED) is 0.225. The molecule has 11 heteroatoms. The number of aromatic amines is 2. The molecule has 0 aliphatic heterocycles. The fourth-order valence-corrected chi connectivity index (χ4v) is 3.12. The van der Waals surface area contributed by atoms with Crippen molar-refractivity contribution in [1.29, 1.82) is 0 Å². The lowest BCUT2D eigenvalue weighted by Crippen LogP contribution is -2.32. The highest BCUT2D eigenvalue weighted by molar-refractivity contribution is 7.72. The molecule has 2 aromatic carbocycles. The van der Waals surface area contributed by atoms with Gasteiger partial charge in [0.2, 0.25) is 0 Å². The Kier molecular flexibility index (Phi) is 6.65. The monoisotopic (exact) mass is 433 g/mol. The average molecular weight is 434 g/mol. The summed E-state index contributed by atoms with van der Waals surface area (Å²) in [6, 6.07) is 13.3. The Hall–Kier alpha value is -3.15. The summed E-state index contributed by atoms with van der Waals surface area (Å²) in [4.78, 5) is 11.0. The third-order valence-corrected chi connectivity index (χ3v) is 4.53. The molecule has 9 nitrogen and oxygen atoms in total. The van der Waals surface area contributed by atoms with Crippen molar-refractivity contribution in [2.75, 3.05) is 24.0 Å². The van der Waals surface area contributed by atoms with Crippen molar-refractivity contribution >= 4 is 41.8 Å². The van der Waals surface area contributed by atoms with E-state index in [1.165, 1.54) is 0 Å². The normalized spacial score (nSPS) is 11.6. The Labute approximate surface area is 176 Å². The lowest BCUT2D eigenvalue weighted by molar-refractivity contribution is -0.138. The highest BCUT2D eigenvalue weighted by Gasteiger charge is 2.15. The van der Waals surface area contributed by atoms with E-state index in [0.717, 1.165) is 11.4 Å². The lowest BCUT2D eigenvalue weighted by atomic mass is 10.2. The number of carboxylic acid groups (broad SMARTS) is 1. The van der Waals surface area contributed by atoms with Crippen molar-refractivity contribution in [1.82, 2.24) is 14.8 Å². The molecule has 0 aliphatic carbocycles. The van der Waals surface area contributed by atoms with Crippen LogP contribution in [0.25, 0.3) is 5.69 Å². The van der Waals surface area contributed by atoms with Crippen molar-refractivity contribution in [3.05, 3.63) is 58.1 Å². The number of anilines is 2. The van der Waals surface area contributed by atoms with Crippen LogP contribution in [0.1, 0.15) is 0 Å². The van der Waals surface area contributed by atoms with Gasteiger partial charge in [-0.05, 0) is 54.8 Å². The second-order valence-corrected chi connectivity index (χ2v) is 6.73. The summed E-state index contributed by atoms with van der Waals surface area (Å²) in [6.07, 6.45) is 0. The van der Waals surface area contributed by atoms with Crippen molar-refractivity contribution in [2.24, 2.45) is 0 Å². The highest BCUT2D eigenvalue weighted by Crippen LogP contribution is 2.19. The van der Waals surface area contributed by atoms with Gasteiger partial charge in [0, 0.05) is 17.4 Å². The van der Waals surface area contributed by atoms with E-state index in [-0.39, 0.29) is 6.73 Å². The van der Waals surface area contributed by atoms with Crippen LogP contribution in [-0.2, 0) is 4.79 Å². The number of hydrogen-bond donors (Lipinski definition) is 6. The van der Waals surface area contributed by atoms with Crippen LogP contribution in [0.3, 0.4) is 0 Å². The number of H-pyrrole nitrogens is 2. The zero-order valence-corrected chi connectivity index (χ0v) is 16.7. The number of aromatic nitrogens is 3. The summed E-state index contributed by atoms with van der Waals surface area (Å²) in [6.45, 7) is -0.339. The Morgan fingerprint density at radius 1 is 1.10 bits per heavy atom. The molecule has 0 radical (unpaired) electrons. The number of aliphatic hydroxyl groups excluding tert-OH is 1. The predicted octanol–water partition coefficient (Wildman–Crippen LogP) is 2.90. The molecular weight excluding hydrogens is 414 g/mol. The molecule has 0 fully saturated rings. The Balaban J connectivity index is 1.63. The largest absolute Gasteiger partial charge is 0.480 e. The van der Waals surface area contributed by atoms with Gasteiger partial charge in [-0.25, -0.2) is 4.79 Å². The fourth-order valence-electron chi connectivity index (χ4n) is 2.57. The number of aliphatic hydroxyl groups is 1. The summed E-state index contributed by atoms with van der Waals surface area (Å²) in [5, 5.41) is 29.6. The molecule has 3 aromatic rings. The second-order valence-electron chi connectivity index (χ2n) is 5.96. The average Bonchev–Trinajstić information content (AvgIpc) is 3.04. The summed E-state index contributed by atoms with van der Waals surface area (Å²) in [5.41, 5.74) is 2.14. The van der Waals surface area contributed by atoms with Gasteiger partial charge in [-0.2, -0.15) is 0 Å². The van der Waals surface area contributed by atoms with Gasteiger partial charge >= 0.3 is 5.97 Å². The minimum absolute atomic E-state index is 0.181. The van der Waals surface area contributed by atoms with E-state index in [2.05, 4.69) is 20.8 Å². The number of hydrogen-bond acceptors (Lipinski definition) is 7. The van der Waals surface area contributed by atoms with E-state index < -0.39 is 18.6 Å². The highest BCUT2D eigenvalue weighted by atomic mass is 32.1. The van der Waals surface area contributed by atoms with E-state index in [1.807, 2.05) is 24.3 Å². The van der Waals surface area contributed by atoms with Gasteiger partial charge in [-0.3, -0.25) is 14.8 Å². The molecule has 0 aliphatic rings. The van der Waals surface area contributed by atoms with Gasteiger partial charge in [-0.1, -0.05) is 12.1 Å². The molecule has 3 rings (SSSR count). The van der Waals surface area contributed by atoms with Gasteiger partial charge < -0.3 is 25.6 Å². The lowest BCUT2D eigenvalue weighted by Gasteiger charge is -2.15. The van der Waals surface area contributed by atoms with Crippen LogP contribution in [0.4, 0.5) is 11.4 Å². The van der Waals surface area contributed by atoms with E-state index >= 15 is 0 Å². The van der Waals surface area contributed by atoms with Gasteiger partial charge in [0.05, 0.1) is 12.3 Å². The maximum atomic E-state index is 11.0. The molecule has 0 amide bonds. The van der Waals surface area contributed by atoms with Crippen LogP contribution in [0.15, 0.2) is 48.5 Å². The maximum Gasteiger partial charge on any atom is 0.328 e. The molecule has 1 aromatic heterocycles. The molecule has 0 spiro atoms. The number of nitrogens with zero attached hydrogens (tertiary/aromatic N) is 1. The summed E-state index contributed by atoms with van der Waals surface area (Å²) in [5.74, 6) is -0.598. The first kappa shape index (κ1) is 20.6. The minimum atomic E-state index is -1.14. The molecule has 1 atom stereocenters. The second kappa shape index (κ2) is 9.37. The van der Waals surface area contributed by atoms with Gasteiger partial charge in [0.15, 0.2) is 16.3 Å². The van der Waals surface area contributed by atoms with Crippen LogP contribution < -0.4 is 15.4 Å². The SMILES string of the molecule is O=C(O)C(CO)Nc1cccc(OCNc2cccc(-n3c(=S)[nH][nH]c3=S)c2)c1. The first-order chi connectivity index (χ1) is 14.0.